The van der Waals surface area contributed by atoms with E-state index in [9.17, 15) is 9.59 Å². The molecule has 0 aromatic heterocycles. The number of benzene rings is 3. The first-order valence-corrected chi connectivity index (χ1v) is 9.71. The molecule has 1 unspecified atom stereocenters. The van der Waals surface area contributed by atoms with Crippen molar-refractivity contribution in [2.24, 2.45) is 5.92 Å². The second-order valence-corrected chi connectivity index (χ2v) is 7.45. The number of nitrogens with one attached hydrogen (secondary N) is 1. The van der Waals surface area contributed by atoms with Gasteiger partial charge in [0.05, 0.1) is 17.3 Å². The summed E-state index contributed by atoms with van der Waals surface area (Å²) in [5.41, 5.74) is 2.25. The Morgan fingerprint density at radius 3 is 2.43 bits per heavy atom. The molecule has 142 valence electrons. The van der Waals surface area contributed by atoms with Crippen molar-refractivity contribution in [2.75, 3.05) is 11.9 Å². The third kappa shape index (κ3) is 3.50. The molecule has 1 saturated carbocycles. The smallest absolute Gasteiger partial charge is 0.253 e. The topological polar surface area (TPSA) is 49.4 Å². The van der Waals surface area contributed by atoms with Crippen LogP contribution in [0.25, 0.3) is 10.8 Å². The molecule has 4 heteroatoms. The van der Waals surface area contributed by atoms with E-state index in [1.54, 1.807) is 18.0 Å². The number of carbonyl (C=O) groups excluding carboxylic acids is 2. The van der Waals surface area contributed by atoms with Crippen molar-refractivity contribution in [3.05, 3.63) is 77.9 Å². The van der Waals surface area contributed by atoms with E-state index in [1.807, 2.05) is 49.4 Å². The Morgan fingerprint density at radius 2 is 1.64 bits per heavy atom. The van der Waals surface area contributed by atoms with Crippen LogP contribution in [0, 0.1) is 5.92 Å². The molecule has 4 rings (SSSR count). The van der Waals surface area contributed by atoms with E-state index in [2.05, 4.69) is 23.5 Å². The Morgan fingerprint density at radius 1 is 0.964 bits per heavy atom. The van der Waals surface area contributed by atoms with Crippen LogP contribution in [-0.2, 0) is 4.79 Å². The standard InChI is InChI=1S/C24H24N2O2/c1-16(19-12-7-9-17-8-3-4-10-20(17)19)25-23(27)21-11-5-6-13-22(21)26(2)24(28)18-14-15-18/h3-13,16,18H,14-15H2,1-2H3,(H,25,27). The SMILES string of the molecule is CC(NC(=O)c1ccccc1N(C)C(=O)C1CC1)c1cccc2ccccc12. The number of rotatable bonds is 5. The second-order valence-electron chi connectivity index (χ2n) is 7.45. The van der Waals surface area contributed by atoms with Gasteiger partial charge in [0.1, 0.15) is 0 Å². The average molecular weight is 372 g/mol. The fraction of sp³-hybridized carbons (Fsp3) is 0.250. The Balaban J connectivity index is 1.59. The Labute approximate surface area is 165 Å². The van der Waals surface area contributed by atoms with E-state index in [0.717, 1.165) is 29.2 Å². The lowest BCUT2D eigenvalue weighted by molar-refractivity contribution is -0.119. The van der Waals surface area contributed by atoms with Gasteiger partial charge >= 0.3 is 0 Å². The maximum atomic E-state index is 13.0. The highest BCUT2D eigenvalue weighted by Gasteiger charge is 2.33. The van der Waals surface area contributed by atoms with Crippen LogP contribution >= 0.6 is 0 Å². The van der Waals surface area contributed by atoms with Crippen LogP contribution < -0.4 is 10.2 Å². The molecule has 28 heavy (non-hydrogen) atoms. The third-order valence-corrected chi connectivity index (χ3v) is 5.40. The molecule has 1 aliphatic rings. The molecular formula is C24H24N2O2. The van der Waals surface area contributed by atoms with Gasteiger partial charge in [0, 0.05) is 13.0 Å². The van der Waals surface area contributed by atoms with Crippen LogP contribution in [0.1, 0.15) is 41.7 Å². The Bertz CT molecular complexity index is 1030. The number of hydrogen-bond donors (Lipinski definition) is 1. The van der Waals surface area contributed by atoms with Crippen LogP contribution in [0.4, 0.5) is 5.69 Å². The van der Waals surface area contributed by atoms with Gasteiger partial charge in [0.15, 0.2) is 0 Å². The van der Waals surface area contributed by atoms with Crippen LogP contribution in [0.5, 0.6) is 0 Å². The fourth-order valence-electron chi connectivity index (χ4n) is 3.66. The molecule has 0 spiro atoms. The van der Waals surface area contributed by atoms with E-state index < -0.39 is 0 Å². The van der Waals surface area contributed by atoms with Gasteiger partial charge < -0.3 is 10.2 Å². The molecular weight excluding hydrogens is 348 g/mol. The summed E-state index contributed by atoms with van der Waals surface area (Å²) >= 11 is 0. The normalized spacial score (nSPS) is 14.5. The molecule has 3 aromatic carbocycles. The lowest BCUT2D eigenvalue weighted by atomic mass is 9.99. The van der Waals surface area contributed by atoms with E-state index >= 15 is 0 Å². The minimum absolute atomic E-state index is 0.0855. The minimum atomic E-state index is -0.175. The van der Waals surface area contributed by atoms with Gasteiger partial charge in [0.2, 0.25) is 5.91 Å². The predicted octanol–water partition coefficient (Wildman–Crippen LogP) is 4.70. The molecule has 0 radical (unpaired) electrons. The average Bonchev–Trinajstić information content (AvgIpc) is 3.57. The maximum absolute atomic E-state index is 13.0. The van der Waals surface area contributed by atoms with E-state index in [1.165, 1.54) is 0 Å². The number of hydrogen-bond acceptors (Lipinski definition) is 2. The molecule has 1 N–H and O–H groups in total. The molecule has 4 nitrogen and oxygen atoms in total. The number of amides is 2. The summed E-state index contributed by atoms with van der Waals surface area (Å²) in [7, 11) is 1.75. The molecule has 0 aliphatic heterocycles. The minimum Gasteiger partial charge on any atom is -0.345 e. The maximum Gasteiger partial charge on any atom is 0.253 e. The highest BCUT2D eigenvalue weighted by atomic mass is 16.2. The third-order valence-electron chi connectivity index (χ3n) is 5.40. The van der Waals surface area contributed by atoms with Gasteiger partial charge in [-0.25, -0.2) is 0 Å². The molecule has 1 aliphatic carbocycles. The zero-order chi connectivity index (χ0) is 19.7. The molecule has 1 fully saturated rings. The van der Waals surface area contributed by atoms with Gasteiger partial charge in [-0.2, -0.15) is 0 Å². The number of nitrogens with zero attached hydrogens (tertiary/aromatic N) is 1. The van der Waals surface area contributed by atoms with Crippen molar-refractivity contribution in [3.8, 4) is 0 Å². The Kier molecular flexibility index (Phi) is 4.86. The molecule has 1 atom stereocenters. The van der Waals surface area contributed by atoms with Crippen molar-refractivity contribution < 1.29 is 9.59 Å². The molecule has 0 saturated heterocycles. The molecule has 0 bridgehead atoms. The lowest BCUT2D eigenvalue weighted by Gasteiger charge is -2.22. The number of para-hydroxylation sites is 1. The van der Waals surface area contributed by atoms with Crippen molar-refractivity contribution in [2.45, 2.75) is 25.8 Å². The lowest BCUT2D eigenvalue weighted by Crippen LogP contribution is -2.32. The summed E-state index contributed by atoms with van der Waals surface area (Å²) in [4.78, 5) is 27.1. The summed E-state index contributed by atoms with van der Waals surface area (Å²) < 4.78 is 0. The van der Waals surface area contributed by atoms with Crippen LogP contribution in [0.3, 0.4) is 0 Å². The summed E-state index contributed by atoms with van der Waals surface area (Å²) in [5, 5.41) is 5.39. The van der Waals surface area contributed by atoms with Gasteiger partial charge in [-0.15, -0.1) is 0 Å². The predicted molar refractivity (Wildman–Crippen MR) is 112 cm³/mol. The van der Waals surface area contributed by atoms with Gasteiger partial charge in [-0.05, 0) is 48.2 Å². The summed E-state index contributed by atoms with van der Waals surface area (Å²) in [6.07, 6.45) is 1.88. The van der Waals surface area contributed by atoms with E-state index in [-0.39, 0.29) is 23.8 Å². The van der Waals surface area contributed by atoms with Crippen molar-refractivity contribution in [3.63, 3.8) is 0 Å². The largest absolute Gasteiger partial charge is 0.345 e. The first-order chi connectivity index (χ1) is 13.6. The van der Waals surface area contributed by atoms with Gasteiger partial charge in [-0.3, -0.25) is 9.59 Å². The zero-order valence-electron chi connectivity index (χ0n) is 16.2. The summed E-state index contributed by atoms with van der Waals surface area (Å²) in [6, 6.07) is 21.4. The van der Waals surface area contributed by atoms with Gasteiger partial charge in [-0.1, -0.05) is 54.6 Å². The van der Waals surface area contributed by atoms with Crippen LogP contribution in [0.15, 0.2) is 66.7 Å². The molecule has 2 amide bonds. The summed E-state index contributed by atoms with van der Waals surface area (Å²) in [6.45, 7) is 1.99. The quantitative estimate of drug-likeness (QED) is 0.705. The number of fused-ring (bicyclic) bond motifs is 1. The Hall–Kier alpha value is -3.14. The van der Waals surface area contributed by atoms with Crippen LogP contribution in [0.2, 0.25) is 0 Å². The highest BCUT2D eigenvalue weighted by Crippen LogP contribution is 2.33. The molecule has 0 heterocycles. The fourth-order valence-corrected chi connectivity index (χ4v) is 3.66. The first kappa shape index (κ1) is 18.2. The van der Waals surface area contributed by atoms with E-state index in [0.29, 0.717) is 11.3 Å². The molecule has 3 aromatic rings. The number of carbonyl (C=O) groups is 2. The van der Waals surface area contributed by atoms with Crippen molar-refractivity contribution >= 4 is 28.3 Å². The summed E-state index contributed by atoms with van der Waals surface area (Å²) in [5.74, 6) is 0.0181. The monoisotopic (exact) mass is 372 g/mol. The van der Waals surface area contributed by atoms with Crippen molar-refractivity contribution in [1.29, 1.82) is 0 Å². The first-order valence-electron chi connectivity index (χ1n) is 9.71. The zero-order valence-corrected chi connectivity index (χ0v) is 16.2. The van der Waals surface area contributed by atoms with Crippen molar-refractivity contribution in [1.82, 2.24) is 5.32 Å². The highest BCUT2D eigenvalue weighted by molar-refractivity contribution is 6.05. The van der Waals surface area contributed by atoms with Crippen LogP contribution in [-0.4, -0.2) is 18.9 Å². The second kappa shape index (κ2) is 7.47. The van der Waals surface area contributed by atoms with Gasteiger partial charge in [0.25, 0.3) is 5.91 Å². The number of anilines is 1. The van der Waals surface area contributed by atoms with E-state index in [4.69, 9.17) is 0 Å².